The van der Waals surface area contributed by atoms with Gasteiger partial charge in [-0.15, -0.1) is 0 Å². The lowest BCUT2D eigenvalue weighted by Crippen LogP contribution is -2.67. The first kappa shape index (κ1) is 34.7. The summed E-state index contributed by atoms with van der Waals surface area (Å²) >= 11 is 0. The van der Waals surface area contributed by atoms with Crippen LogP contribution in [0.25, 0.3) is 0 Å². The molecule has 254 valence electrons. The largest absolute Gasteiger partial charge is 0.394 e. The monoisotopic (exact) mass is 624 g/mol. The van der Waals surface area contributed by atoms with E-state index in [2.05, 4.69) is 47.6 Å². The van der Waals surface area contributed by atoms with E-state index < -0.39 is 66.6 Å². The molecule has 0 bridgehead atoms. The molecule has 1 aliphatic heterocycles. The molecular formula is C35H60O9. The maximum atomic E-state index is 12.0. The lowest BCUT2D eigenvalue weighted by Gasteiger charge is -2.68. The van der Waals surface area contributed by atoms with Crippen LogP contribution in [0.4, 0.5) is 0 Å². The van der Waals surface area contributed by atoms with Gasteiger partial charge in [-0.3, -0.25) is 0 Å². The van der Waals surface area contributed by atoms with Crippen molar-refractivity contribution in [3.8, 4) is 0 Å². The van der Waals surface area contributed by atoms with Crippen LogP contribution in [-0.4, -0.2) is 97.0 Å². The fourth-order valence-electron chi connectivity index (χ4n) is 11.4. The van der Waals surface area contributed by atoms with Crippen molar-refractivity contribution in [2.24, 2.45) is 45.8 Å². The summed E-state index contributed by atoms with van der Waals surface area (Å²) < 4.78 is 12.5. The molecule has 5 aliphatic rings. The Balaban J connectivity index is 1.50. The molecule has 0 aromatic heterocycles. The van der Waals surface area contributed by atoms with Gasteiger partial charge < -0.3 is 45.2 Å². The molecule has 1 heterocycles. The molecule has 7 N–H and O–H groups in total. The third-order valence-electron chi connectivity index (χ3n) is 13.6. The fourth-order valence-corrected chi connectivity index (χ4v) is 11.4. The summed E-state index contributed by atoms with van der Waals surface area (Å²) in [6.07, 6.45) is -0.355. The topological polar surface area (TPSA) is 160 Å². The number of allylic oxidation sites excluding steroid dienone is 2. The Hall–Kier alpha value is -0.620. The molecule has 9 heteroatoms. The third kappa shape index (κ3) is 5.54. The smallest absolute Gasteiger partial charge is 0.186 e. The van der Waals surface area contributed by atoms with Gasteiger partial charge in [0.2, 0.25) is 0 Å². The first-order valence-corrected chi connectivity index (χ1v) is 17.1. The molecule has 0 amide bonds. The first-order chi connectivity index (χ1) is 20.4. The third-order valence-corrected chi connectivity index (χ3v) is 13.6. The van der Waals surface area contributed by atoms with Crippen LogP contribution in [0, 0.1) is 45.8 Å². The predicted octanol–water partition coefficient (Wildman–Crippen LogP) is 2.91. The number of hydrogen-bond acceptors (Lipinski definition) is 9. The second-order valence-corrected chi connectivity index (χ2v) is 16.8. The lowest BCUT2D eigenvalue weighted by molar-refractivity contribution is -0.338. The quantitative estimate of drug-likeness (QED) is 0.167. The van der Waals surface area contributed by atoms with Crippen molar-refractivity contribution in [3.05, 3.63) is 11.6 Å². The maximum absolute atomic E-state index is 12.0. The second-order valence-electron chi connectivity index (χ2n) is 16.8. The van der Waals surface area contributed by atoms with Gasteiger partial charge in [-0.05, 0) is 118 Å². The summed E-state index contributed by atoms with van der Waals surface area (Å²) in [4.78, 5) is 0. The van der Waals surface area contributed by atoms with Crippen molar-refractivity contribution in [3.63, 3.8) is 0 Å². The highest BCUT2D eigenvalue weighted by molar-refractivity contribution is 5.18. The van der Waals surface area contributed by atoms with Gasteiger partial charge in [0.05, 0.1) is 30.5 Å². The van der Waals surface area contributed by atoms with E-state index in [0.717, 1.165) is 25.7 Å². The zero-order valence-corrected chi connectivity index (χ0v) is 27.9. The van der Waals surface area contributed by atoms with Crippen LogP contribution in [0.1, 0.15) is 99.8 Å². The molecule has 0 spiro atoms. The zero-order valence-electron chi connectivity index (χ0n) is 27.9. The number of aliphatic hydroxyl groups excluding tert-OH is 6. The number of aliphatic hydroxyl groups is 7. The highest BCUT2D eigenvalue weighted by atomic mass is 16.7. The van der Waals surface area contributed by atoms with Gasteiger partial charge in [0.1, 0.15) is 24.4 Å². The first-order valence-electron chi connectivity index (χ1n) is 17.1. The summed E-state index contributed by atoms with van der Waals surface area (Å²) in [6, 6.07) is 0. The summed E-state index contributed by atoms with van der Waals surface area (Å²) in [5.41, 5.74) is -0.755. The molecule has 5 rings (SSSR count). The molecule has 0 aromatic rings. The highest BCUT2D eigenvalue weighted by Gasteiger charge is 2.69. The average molecular weight is 625 g/mol. The van der Waals surface area contributed by atoms with Crippen LogP contribution in [0.3, 0.4) is 0 Å². The summed E-state index contributed by atoms with van der Waals surface area (Å²) in [6.45, 7) is 14.3. The highest BCUT2D eigenvalue weighted by Crippen LogP contribution is 2.71. The molecule has 5 fully saturated rings. The summed E-state index contributed by atoms with van der Waals surface area (Å²) in [5.74, 6) is 0.106. The minimum atomic E-state index is -1.53. The van der Waals surface area contributed by atoms with E-state index in [0.29, 0.717) is 25.7 Å². The number of fused-ring (bicyclic) bond motifs is 5. The average Bonchev–Trinajstić information content (AvgIpc) is 3.32. The number of rotatable bonds is 7. The molecule has 44 heavy (non-hydrogen) atoms. The van der Waals surface area contributed by atoms with Crippen LogP contribution in [0.5, 0.6) is 0 Å². The zero-order chi connectivity index (χ0) is 32.6. The Kier molecular flexibility index (Phi) is 9.56. The molecule has 1 unspecified atom stereocenters. The van der Waals surface area contributed by atoms with Gasteiger partial charge in [-0.2, -0.15) is 0 Å². The molecule has 9 nitrogen and oxygen atoms in total. The molecule has 4 aliphatic carbocycles. The van der Waals surface area contributed by atoms with Crippen LogP contribution < -0.4 is 0 Å². The van der Waals surface area contributed by atoms with Gasteiger partial charge in [0.25, 0.3) is 0 Å². The van der Waals surface area contributed by atoms with Crippen molar-refractivity contribution in [2.75, 3.05) is 6.61 Å². The Labute approximate surface area is 263 Å². The van der Waals surface area contributed by atoms with Crippen LogP contribution in [-0.2, 0) is 9.47 Å². The summed E-state index contributed by atoms with van der Waals surface area (Å²) in [7, 11) is 0. The van der Waals surface area contributed by atoms with Gasteiger partial charge in [-0.25, -0.2) is 0 Å². The SMILES string of the molecule is CC(C)=CCC[C@](C)(O)[C@H]1CC[C@@]2(C)C3C[C@H](O[C@@H]4O[C@H](CO)[C@@H](O)[C@H](O)[C@H]4O)[C@H]4C(C)(C)[C@@H](O)CC[C@]4(C)[C@H]3C[C@@H](O)[C@H]12. The van der Waals surface area contributed by atoms with E-state index in [4.69, 9.17) is 9.47 Å². The lowest BCUT2D eigenvalue weighted by atomic mass is 9.39. The Bertz CT molecular complexity index is 1050. The Morgan fingerprint density at radius 2 is 1.55 bits per heavy atom. The van der Waals surface area contributed by atoms with E-state index in [1.807, 2.05) is 6.92 Å². The molecule has 0 aromatic carbocycles. The van der Waals surface area contributed by atoms with Crippen molar-refractivity contribution >= 4 is 0 Å². The molecule has 4 saturated carbocycles. The standard InChI is InChI=1S/C35H60O9/c1-18(2)9-8-12-35(7,42)19-10-13-33(5)21-16-23(43-31-29(41)28(40)27(39)24(17-36)44-31)30-32(3,4)25(38)11-14-34(30,6)20(21)15-22(37)26(19)33/h9,19-31,36-42H,8,10-17H2,1-7H3/t19-,20-,21?,22+,23-,24+,25-,26-,27+,28-,29+,30-,31+,33-,34+,35-/m0/s1. The van der Waals surface area contributed by atoms with Gasteiger partial charge in [0.15, 0.2) is 6.29 Å². The predicted molar refractivity (Wildman–Crippen MR) is 165 cm³/mol. The van der Waals surface area contributed by atoms with E-state index in [9.17, 15) is 35.7 Å². The minimum Gasteiger partial charge on any atom is -0.394 e. The molecule has 16 atom stereocenters. The van der Waals surface area contributed by atoms with Crippen molar-refractivity contribution in [2.45, 2.75) is 154 Å². The van der Waals surface area contributed by atoms with Crippen molar-refractivity contribution in [1.82, 2.24) is 0 Å². The molecular weight excluding hydrogens is 564 g/mol. The minimum absolute atomic E-state index is 0.0334. The van der Waals surface area contributed by atoms with E-state index in [1.165, 1.54) is 5.57 Å². The second kappa shape index (κ2) is 12.1. The molecule has 0 radical (unpaired) electrons. The fraction of sp³-hybridized carbons (Fsp3) is 0.943. The number of hydrogen-bond donors (Lipinski definition) is 7. The molecule has 1 saturated heterocycles. The van der Waals surface area contributed by atoms with Crippen LogP contribution >= 0.6 is 0 Å². The van der Waals surface area contributed by atoms with Gasteiger partial charge in [0, 0.05) is 0 Å². The van der Waals surface area contributed by atoms with Crippen LogP contribution in [0.2, 0.25) is 0 Å². The van der Waals surface area contributed by atoms with E-state index in [1.54, 1.807) is 0 Å². The Morgan fingerprint density at radius 3 is 2.18 bits per heavy atom. The normalized spacial score (nSPS) is 51.5. The maximum Gasteiger partial charge on any atom is 0.186 e. The van der Waals surface area contributed by atoms with Gasteiger partial charge >= 0.3 is 0 Å². The number of ether oxygens (including phenoxy) is 2. The van der Waals surface area contributed by atoms with Crippen molar-refractivity contribution < 1.29 is 45.2 Å². The van der Waals surface area contributed by atoms with Crippen molar-refractivity contribution in [1.29, 1.82) is 0 Å². The van der Waals surface area contributed by atoms with E-state index >= 15 is 0 Å². The van der Waals surface area contributed by atoms with Gasteiger partial charge in [-0.1, -0.05) is 39.3 Å². The van der Waals surface area contributed by atoms with Crippen LogP contribution in [0.15, 0.2) is 11.6 Å². The Morgan fingerprint density at radius 1 is 0.909 bits per heavy atom. The van der Waals surface area contributed by atoms with E-state index in [-0.39, 0.29) is 40.4 Å². The summed E-state index contributed by atoms with van der Waals surface area (Å²) in [5, 5.41) is 76.7.